The molecule has 0 amide bonds. The second kappa shape index (κ2) is 5.40. The molecule has 0 unspecified atom stereocenters. The molecule has 0 spiro atoms. The Labute approximate surface area is 137 Å². The van der Waals surface area contributed by atoms with Crippen LogP contribution in [0.2, 0.25) is 0 Å². The number of benzene rings is 3. The van der Waals surface area contributed by atoms with Gasteiger partial charge in [-0.2, -0.15) is 0 Å². The number of thiol groups is 1. The van der Waals surface area contributed by atoms with Crippen LogP contribution in [-0.2, 0) is 0 Å². The predicted molar refractivity (Wildman–Crippen MR) is 93.1 cm³/mol. The fraction of sp³-hybridized carbons (Fsp3) is 0. The maximum Gasteiger partial charge on any atom is 0.247 e. The van der Waals surface area contributed by atoms with Gasteiger partial charge in [0.1, 0.15) is 5.69 Å². The minimum atomic E-state index is 0.0629. The summed E-state index contributed by atoms with van der Waals surface area (Å²) in [4.78, 5) is 7.95. The van der Waals surface area contributed by atoms with Crippen molar-refractivity contribution in [1.29, 1.82) is 0 Å². The Balaban J connectivity index is 1.80. The van der Waals surface area contributed by atoms with Crippen molar-refractivity contribution in [3.8, 4) is 5.75 Å². The summed E-state index contributed by atoms with van der Waals surface area (Å²) in [6.07, 6.45) is 0. The van der Waals surface area contributed by atoms with E-state index in [1.807, 2.05) is 54.6 Å². The number of para-hydroxylation sites is 2. The monoisotopic (exact) mass is 320 g/mol. The Morgan fingerprint density at radius 1 is 1.00 bits per heavy atom. The summed E-state index contributed by atoms with van der Waals surface area (Å²) in [6, 6.07) is 17.0. The smallest absolute Gasteiger partial charge is 0.247 e. The zero-order valence-electron chi connectivity index (χ0n) is 11.9. The molecule has 0 aliphatic rings. The standard InChI is InChI=1S/C17H12N4OS/c22-16-11-6-2-1-5-10(11)9-14(23)15(16)20-21-17-18-12-7-3-4-8-13(12)19-17/h1-9,22-23H,(H,18,19)/b21-20+. The molecule has 0 radical (unpaired) electrons. The first-order chi connectivity index (χ1) is 11.2. The van der Waals surface area contributed by atoms with Crippen molar-refractivity contribution in [3.05, 3.63) is 54.6 Å². The lowest BCUT2D eigenvalue weighted by atomic mass is 10.1. The first-order valence-corrected chi connectivity index (χ1v) is 7.47. The van der Waals surface area contributed by atoms with Crippen LogP contribution in [0.4, 0.5) is 11.6 Å². The van der Waals surface area contributed by atoms with Crippen LogP contribution in [-0.4, -0.2) is 15.1 Å². The molecule has 0 bridgehead atoms. The van der Waals surface area contributed by atoms with E-state index in [1.165, 1.54) is 0 Å². The van der Waals surface area contributed by atoms with E-state index in [0.717, 1.165) is 16.4 Å². The highest BCUT2D eigenvalue weighted by Crippen LogP contribution is 2.40. The SMILES string of the molecule is Oc1c(/N=N/c2nc3ccccc3[nH]2)c(S)cc2ccccc12. The van der Waals surface area contributed by atoms with Gasteiger partial charge in [-0.15, -0.1) is 22.9 Å². The normalized spacial score (nSPS) is 11.7. The van der Waals surface area contributed by atoms with E-state index in [4.69, 9.17) is 0 Å². The van der Waals surface area contributed by atoms with Crippen LogP contribution in [0.3, 0.4) is 0 Å². The fourth-order valence-electron chi connectivity index (χ4n) is 2.49. The lowest BCUT2D eigenvalue weighted by Gasteiger charge is -2.06. The number of H-pyrrole nitrogens is 1. The van der Waals surface area contributed by atoms with Crippen LogP contribution in [0.1, 0.15) is 0 Å². The highest BCUT2D eigenvalue weighted by molar-refractivity contribution is 7.80. The minimum absolute atomic E-state index is 0.0629. The lowest BCUT2D eigenvalue weighted by Crippen LogP contribution is -1.78. The number of phenolic OH excluding ortho intramolecular Hbond substituents is 1. The van der Waals surface area contributed by atoms with Gasteiger partial charge in [0.25, 0.3) is 0 Å². The largest absolute Gasteiger partial charge is 0.505 e. The van der Waals surface area contributed by atoms with Crippen LogP contribution in [0.25, 0.3) is 21.8 Å². The average Bonchev–Trinajstić information content (AvgIpc) is 2.97. The third-order valence-electron chi connectivity index (χ3n) is 3.60. The van der Waals surface area contributed by atoms with Gasteiger partial charge in [-0.3, -0.25) is 0 Å². The summed E-state index contributed by atoms with van der Waals surface area (Å²) in [5.41, 5.74) is 2.03. The number of fused-ring (bicyclic) bond motifs is 2. The molecule has 23 heavy (non-hydrogen) atoms. The summed E-state index contributed by atoms with van der Waals surface area (Å²) in [5.74, 6) is 0.444. The first kappa shape index (κ1) is 13.8. The van der Waals surface area contributed by atoms with Crippen LogP contribution in [0.15, 0.2) is 69.7 Å². The Bertz CT molecular complexity index is 1020. The van der Waals surface area contributed by atoms with Crippen LogP contribution in [0.5, 0.6) is 5.75 Å². The molecule has 0 fully saturated rings. The van der Waals surface area contributed by atoms with E-state index >= 15 is 0 Å². The Kier molecular flexibility index (Phi) is 3.24. The van der Waals surface area contributed by atoms with Crippen molar-refractivity contribution in [1.82, 2.24) is 9.97 Å². The quantitative estimate of drug-likeness (QED) is 0.354. The molecular formula is C17H12N4OS. The number of rotatable bonds is 2. The number of phenols is 1. The molecular weight excluding hydrogens is 308 g/mol. The average molecular weight is 320 g/mol. The van der Waals surface area contributed by atoms with Crippen LogP contribution < -0.4 is 0 Å². The van der Waals surface area contributed by atoms with Gasteiger partial charge in [0.15, 0.2) is 5.75 Å². The molecule has 5 nitrogen and oxygen atoms in total. The molecule has 112 valence electrons. The van der Waals surface area contributed by atoms with Crippen molar-refractivity contribution in [2.24, 2.45) is 10.2 Å². The molecule has 2 N–H and O–H groups in total. The summed E-state index contributed by atoms with van der Waals surface area (Å²) < 4.78 is 0. The van der Waals surface area contributed by atoms with Crippen LogP contribution >= 0.6 is 12.6 Å². The lowest BCUT2D eigenvalue weighted by molar-refractivity contribution is 0.481. The minimum Gasteiger partial charge on any atom is -0.505 e. The zero-order chi connectivity index (χ0) is 15.8. The van der Waals surface area contributed by atoms with E-state index in [9.17, 15) is 5.11 Å². The number of aromatic nitrogens is 2. The van der Waals surface area contributed by atoms with Gasteiger partial charge in [0.2, 0.25) is 5.95 Å². The second-order valence-electron chi connectivity index (χ2n) is 5.09. The highest BCUT2D eigenvalue weighted by Gasteiger charge is 2.10. The second-order valence-corrected chi connectivity index (χ2v) is 5.57. The molecule has 3 aromatic carbocycles. The molecule has 0 aliphatic heterocycles. The maximum atomic E-state index is 10.4. The van der Waals surface area contributed by atoms with Gasteiger partial charge < -0.3 is 10.1 Å². The van der Waals surface area contributed by atoms with Crippen LogP contribution in [0, 0.1) is 0 Å². The van der Waals surface area contributed by atoms with E-state index < -0.39 is 0 Å². The van der Waals surface area contributed by atoms with Gasteiger partial charge in [-0.25, -0.2) is 4.98 Å². The summed E-state index contributed by atoms with van der Waals surface area (Å²) >= 11 is 4.40. The topological polar surface area (TPSA) is 73.6 Å². The van der Waals surface area contributed by atoms with E-state index in [1.54, 1.807) is 0 Å². The van der Waals surface area contributed by atoms with E-state index in [-0.39, 0.29) is 5.75 Å². The highest BCUT2D eigenvalue weighted by atomic mass is 32.1. The third-order valence-corrected chi connectivity index (χ3v) is 3.94. The molecule has 0 atom stereocenters. The maximum absolute atomic E-state index is 10.4. The molecule has 6 heteroatoms. The number of nitrogens with zero attached hydrogens (tertiary/aromatic N) is 3. The number of aromatic hydroxyl groups is 1. The summed E-state index contributed by atoms with van der Waals surface area (Å²) in [5, 5.41) is 20.2. The van der Waals surface area contributed by atoms with Gasteiger partial charge >= 0.3 is 0 Å². The number of azo groups is 1. The van der Waals surface area contributed by atoms with Crippen molar-refractivity contribution in [2.75, 3.05) is 0 Å². The number of nitrogens with one attached hydrogen (secondary N) is 1. The fourth-order valence-corrected chi connectivity index (χ4v) is 2.78. The molecule has 4 aromatic rings. The third kappa shape index (κ3) is 2.43. The zero-order valence-corrected chi connectivity index (χ0v) is 12.8. The Hall–Kier alpha value is -2.86. The molecule has 0 saturated carbocycles. The molecule has 4 rings (SSSR count). The first-order valence-electron chi connectivity index (χ1n) is 7.02. The summed E-state index contributed by atoms with van der Waals surface area (Å²) in [6.45, 7) is 0. The molecule has 0 saturated heterocycles. The van der Waals surface area contributed by atoms with Gasteiger partial charge in [0.05, 0.1) is 11.0 Å². The predicted octanol–water partition coefficient (Wildman–Crippen LogP) is 5.13. The molecule has 1 aromatic heterocycles. The van der Waals surface area contributed by atoms with Gasteiger partial charge in [-0.05, 0) is 23.6 Å². The number of imidazole rings is 1. The van der Waals surface area contributed by atoms with Crippen molar-refractivity contribution in [2.45, 2.75) is 4.90 Å². The number of hydrogen-bond acceptors (Lipinski definition) is 5. The van der Waals surface area contributed by atoms with Crippen molar-refractivity contribution < 1.29 is 5.11 Å². The van der Waals surface area contributed by atoms with Gasteiger partial charge in [-0.1, -0.05) is 36.4 Å². The molecule has 0 aliphatic carbocycles. The number of aromatic amines is 1. The number of hydrogen-bond donors (Lipinski definition) is 3. The molecule has 1 heterocycles. The Morgan fingerprint density at radius 2 is 1.78 bits per heavy atom. The van der Waals surface area contributed by atoms with Crippen molar-refractivity contribution in [3.63, 3.8) is 0 Å². The summed E-state index contributed by atoms with van der Waals surface area (Å²) in [7, 11) is 0. The van der Waals surface area contributed by atoms with E-state index in [0.29, 0.717) is 21.9 Å². The van der Waals surface area contributed by atoms with E-state index in [2.05, 4.69) is 32.8 Å². The van der Waals surface area contributed by atoms with Gasteiger partial charge in [0, 0.05) is 10.3 Å². The Morgan fingerprint density at radius 3 is 2.65 bits per heavy atom. The van der Waals surface area contributed by atoms with Crippen molar-refractivity contribution >= 4 is 46.1 Å².